The highest BCUT2D eigenvalue weighted by Gasteiger charge is 2.33. The molecule has 1 aliphatic carbocycles. The van der Waals surface area contributed by atoms with Crippen LogP contribution in [-0.2, 0) is 4.74 Å². The average Bonchev–Trinajstić information content (AvgIpc) is 3.36. The number of nitrogens with one attached hydrogen (secondary N) is 2. The second kappa shape index (κ2) is 6.60. The van der Waals surface area contributed by atoms with Gasteiger partial charge in [-0.2, -0.15) is 0 Å². The molecule has 6 heteroatoms. The number of pyridine rings is 1. The van der Waals surface area contributed by atoms with E-state index in [4.69, 9.17) is 4.74 Å². The summed E-state index contributed by atoms with van der Waals surface area (Å²) >= 11 is 0. The van der Waals surface area contributed by atoms with Crippen LogP contribution < -0.4 is 5.32 Å². The van der Waals surface area contributed by atoms with Gasteiger partial charge in [0.15, 0.2) is 0 Å². The zero-order valence-corrected chi connectivity index (χ0v) is 15.6. The summed E-state index contributed by atoms with van der Waals surface area (Å²) in [5.74, 6) is -0.597. The number of aromatic nitrogens is 2. The number of hydrogen-bond donors (Lipinski definition) is 2. The number of nitrogens with zero attached hydrogens (tertiary/aromatic N) is 1. The minimum atomic E-state index is -0.396. The fourth-order valence-electron chi connectivity index (χ4n) is 4.06. The lowest BCUT2D eigenvalue weighted by Crippen LogP contribution is -2.28. The van der Waals surface area contributed by atoms with Crippen LogP contribution in [0.4, 0.5) is 0 Å². The molecule has 29 heavy (non-hydrogen) atoms. The number of rotatable bonds is 3. The van der Waals surface area contributed by atoms with Gasteiger partial charge in [-0.1, -0.05) is 36.4 Å². The molecule has 6 nitrogen and oxygen atoms in total. The summed E-state index contributed by atoms with van der Waals surface area (Å²) in [6.45, 7) is 0. The molecule has 1 amide bonds. The van der Waals surface area contributed by atoms with Crippen molar-refractivity contribution in [2.45, 2.75) is 6.04 Å². The van der Waals surface area contributed by atoms with Crippen LogP contribution in [0.1, 0.15) is 37.9 Å². The largest absolute Gasteiger partial charge is 0.465 e. The van der Waals surface area contributed by atoms with E-state index >= 15 is 0 Å². The highest BCUT2D eigenvalue weighted by Crippen LogP contribution is 2.45. The highest BCUT2D eigenvalue weighted by molar-refractivity contribution is 6.06. The van der Waals surface area contributed by atoms with E-state index in [0.29, 0.717) is 16.8 Å². The first-order valence-electron chi connectivity index (χ1n) is 9.22. The minimum Gasteiger partial charge on any atom is -0.465 e. The van der Waals surface area contributed by atoms with Gasteiger partial charge in [0.05, 0.1) is 24.3 Å². The van der Waals surface area contributed by atoms with E-state index in [2.05, 4.69) is 15.3 Å². The number of carbonyl (C=O) groups excluding carboxylic acids is 2. The van der Waals surface area contributed by atoms with Gasteiger partial charge in [0.25, 0.3) is 5.91 Å². The normalized spacial score (nSPS) is 14.3. The molecule has 2 heterocycles. The lowest BCUT2D eigenvalue weighted by molar-refractivity contribution is 0.0601. The second-order valence-electron chi connectivity index (χ2n) is 6.85. The molecule has 1 unspecified atom stereocenters. The predicted octanol–water partition coefficient (Wildman–Crippen LogP) is 3.85. The third kappa shape index (κ3) is 2.61. The number of aromatic amines is 1. The molecule has 0 radical (unpaired) electrons. The first-order valence-corrected chi connectivity index (χ1v) is 9.22. The first-order chi connectivity index (χ1) is 14.2. The molecule has 0 fully saturated rings. The number of H-pyrrole nitrogens is 1. The minimum absolute atomic E-state index is 0.201. The van der Waals surface area contributed by atoms with Crippen LogP contribution in [0.5, 0.6) is 0 Å². The van der Waals surface area contributed by atoms with Crippen molar-refractivity contribution in [3.05, 3.63) is 89.2 Å². The summed E-state index contributed by atoms with van der Waals surface area (Å²) in [5, 5.41) is 3.90. The van der Waals surface area contributed by atoms with Crippen LogP contribution in [0.3, 0.4) is 0 Å². The van der Waals surface area contributed by atoms with E-state index in [9.17, 15) is 9.59 Å². The van der Waals surface area contributed by atoms with Crippen LogP contribution in [0.2, 0.25) is 0 Å². The Morgan fingerprint density at radius 3 is 2.69 bits per heavy atom. The standard InChI is InChI=1S/C23H17N3O3/c1-29-23(28)18-8-4-7-17-19(18)13-5-2-3-6-14(13)20(17)26-22(27)16-10-12-25-21-15(16)9-11-24-21/h2-12,20H,1H3,(H,24,25)(H,26,27). The lowest BCUT2D eigenvalue weighted by Gasteiger charge is -2.16. The van der Waals surface area contributed by atoms with Gasteiger partial charge in [-0.3, -0.25) is 4.79 Å². The molecule has 5 rings (SSSR count). The summed E-state index contributed by atoms with van der Waals surface area (Å²) in [5.41, 5.74) is 5.26. The van der Waals surface area contributed by atoms with Gasteiger partial charge in [0.1, 0.15) is 5.65 Å². The Morgan fingerprint density at radius 1 is 1.00 bits per heavy atom. The summed E-state index contributed by atoms with van der Waals surface area (Å²) in [6, 6.07) is 16.5. The molecular weight excluding hydrogens is 366 g/mol. The molecule has 1 atom stereocenters. The topological polar surface area (TPSA) is 84.1 Å². The highest BCUT2D eigenvalue weighted by atomic mass is 16.5. The fraction of sp³-hybridized carbons (Fsp3) is 0.0870. The molecule has 0 saturated carbocycles. The van der Waals surface area contributed by atoms with E-state index in [-0.39, 0.29) is 11.9 Å². The average molecular weight is 383 g/mol. The first kappa shape index (κ1) is 17.2. The van der Waals surface area contributed by atoms with Crippen LogP contribution in [0, 0.1) is 0 Å². The van der Waals surface area contributed by atoms with Gasteiger partial charge in [0.2, 0.25) is 0 Å². The second-order valence-corrected chi connectivity index (χ2v) is 6.85. The molecule has 2 aromatic heterocycles. The summed E-state index contributed by atoms with van der Waals surface area (Å²) in [4.78, 5) is 32.8. The number of hydrogen-bond acceptors (Lipinski definition) is 4. The Labute approximate surface area is 166 Å². The number of carbonyl (C=O) groups is 2. The Morgan fingerprint density at radius 2 is 1.83 bits per heavy atom. The Bertz CT molecular complexity index is 1280. The van der Waals surface area contributed by atoms with Crippen molar-refractivity contribution in [2.24, 2.45) is 0 Å². The molecular formula is C23H17N3O3. The third-order valence-electron chi connectivity index (χ3n) is 5.33. The van der Waals surface area contributed by atoms with Gasteiger partial charge in [-0.05, 0) is 34.9 Å². The predicted molar refractivity (Wildman–Crippen MR) is 109 cm³/mol. The van der Waals surface area contributed by atoms with Crippen molar-refractivity contribution in [1.82, 2.24) is 15.3 Å². The molecule has 142 valence electrons. The van der Waals surface area contributed by atoms with Gasteiger partial charge in [0, 0.05) is 23.3 Å². The monoisotopic (exact) mass is 383 g/mol. The summed E-state index contributed by atoms with van der Waals surface area (Å²) < 4.78 is 4.96. The van der Waals surface area contributed by atoms with Gasteiger partial charge < -0.3 is 15.0 Å². The van der Waals surface area contributed by atoms with Gasteiger partial charge in [-0.15, -0.1) is 0 Å². The van der Waals surface area contributed by atoms with Gasteiger partial charge in [-0.25, -0.2) is 9.78 Å². The van der Waals surface area contributed by atoms with E-state index in [0.717, 1.165) is 27.6 Å². The van der Waals surface area contributed by atoms with Crippen molar-refractivity contribution in [3.63, 3.8) is 0 Å². The molecule has 1 aliphatic rings. The van der Waals surface area contributed by atoms with Crippen LogP contribution in [0.15, 0.2) is 67.0 Å². The fourth-order valence-corrected chi connectivity index (χ4v) is 4.06. The SMILES string of the molecule is COC(=O)c1cccc2c1-c1ccccc1C2NC(=O)c1ccnc2[nH]ccc12. The zero-order chi connectivity index (χ0) is 20.0. The third-order valence-corrected chi connectivity index (χ3v) is 5.33. The van der Waals surface area contributed by atoms with E-state index < -0.39 is 5.97 Å². The van der Waals surface area contributed by atoms with Gasteiger partial charge >= 0.3 is 5.97 Å². The van der Waals surface area contributed by atoms with E-state index in [1.807, 2.05) is 42.5 Å². The van der Waals surface area contributed by atoms with Crippen molar-refractivity contribution in [2.75, 3.05) is 7.11 Å². The zero-order valence-electron chi connectivity index (χ0n) is 15.6. The molecule has 0 bridgehead atoms. The Kier molecular flexibility index (Phi) is 3.91. The number of fused-ring (bicyclic) bond motifs is 4. The molecule has 2 aromatic carbocycles. The smallest absolute Gasteiger partial charge is 0.338 e. The lowest BCUT2D eigenvalue weighted by atomic mass is 9.99. The van der Waals surface area contributed by atoms with Crippen molar-refractivity contribution in [1.29, 1.82) is 0 Å². The molecule has 0 spiro atoms. The number of amides is 1. The molecule has 0 aliphatic heterocycles. The van der Waals surface area contributed by atoms with Crippen molar-refractivity contribution < 1.29 is 14.3 Å². The number of esters is 1. The maximum atomic E-state index is 13.2. The maximum absolute atomic E-state index is 13.2. The molecule has 0 saturated heterocycles. The number of methoxy groups -OCH3 is 1. The van der Waals surface area contributed by atoms with Crippen LogP contribution in [-0.4, -0.2) is 29.0 Å². The van der Waals surface area contributed by atoms with E-state index in [1.54, 1.807) is 24.5 Å². The Hall–Kier alpha value is -3.93. The van der Waals surface area contributed by atoms with E-state index in [1.165, 1.54) is 7.11 Å². The number of ether oxygens (including phenoxy) is 1. The van der Waals surface area contributed by atoms with Crippen molar-refractivity contribution >= 4 is 22.9 Å². The molecule has 4 aromatic rings. The quantitative estimate of drug-likeness (QED) is 0.527. The molecule has 2 N–H and O–H groups in total. The van der Waals surface area contributed by atoms with Crippen LogP contribution in [0.25, 0.3) is 22.2 Å². The Balaban J connectivity index is 1.61. The van der Waals surface area contributed by atoms with Crippen molar-refractivity contribution in [3.8, 4) is 11.1 Å². The number of benzene rings is 2. The summed E-state index contributed by atoms with van der Waals surface area (Å²) in [7, 11) is 1.37. The summed E-state index contributed by atoms with van der Waals surface area (Å²) in [6.07, 6.45) is 3.37. The maximum Gasteiger partial charge on any atom is 0.338 e. The van der Waals surface area contributed by atoms with Crippen LogP contribution >= 0.6 is 0 Å².